The molecule has 0 aliphatic carbocycles. The number of aryl methyl sites for hydroxylation is 1. The van der Waals surface area contributed by atoms with Crippen molar-refractivity contribution < 1.29 is 4.74 Å². The molecule has 0 saturated heterocycles. The molecule has 0 aromatic heterocycles. The van der Waals surface area contributed by atoms with Crippen molar-refractivity contribution in [1.29, 1.82) is 0 Å². The minimum Gasteiger partial charge on any atom is -0.496 e. The molecule has 2 unspecified atom stereocenters. The molecule has 0 aliphatic heterocycles. The summed E-state index contributed by atoms with van der Waals surface area (Å²) >= 11 is 0. The van der Waals surface area contributed by atoms with Crippen molar-refractivity contribution in [2.45, 2.75) is 40.2 Å². The van der Waals surface area contributed by atoms with E-state index in [2.05, 4.69) is 51.2 Å². The van der Waals surface area contributed by atoms with Crippen molar-refractivity contribution >= 4 is 0 Å². The van der Waals surface area contributed by atoms with Crippen LogP contribution in [0.15, 0.2) is 18.2 Å². The second kappa shape index (κ2) is 6.65. The zero-order chi connectivity index (χ0) is 12.8. The van der Waals surface area contributed by atoms with E-state index in [0.717, 1.165) is 18.7 Å². The topological polar surface area (TPSA) is 21.3 Å². The lowest BCUT2D eigenvalue weighted by Crippen LogP contribution is -2.32. The van der Waals surface area contributed by atoms with Crippen LogP contribution in [0.4, 0.5) is 0 Å². The molecule has 0 fully saturated rings. The van der Waals surface area contributed by atoms with Crippen LogP contribution in [-0.4, -0.2) is 19.7 Å². The number of rotatable bonds is 6. The zero-order valence-corrected chi connectivity index (χ0v) is 11.7. The SMILES string of the molecule is CCNC(C)C(C)Cc1cc(C)ccc1OC. The molecule has 0 bridgehead atoms. The predicted molar refractivity (Wildman–Crippen MR) is 73.7 cm³/mol. The molecular formula is C15H25NO. The second-order valence-electron chi connectivity index (χ2n) is 4.84. The molecule has 0 heterocycles. The van der Waals surface area contributed by atoms with Gasteiger partial charge in [-0.25, -0.2) is 0 Å². The Labute approximate surface area is 105 Å². The van der Waals surface area contributed by atoms with E-state index in [1.807, 2.05) is 0 Å². The normalized spacial score (nSPS) is 14.4. The van der Waals surface area contributed by atoms with Gasteiger partial charge in [0, 0.05) is 6.04 Å². The van der Waals surface area contributed by atoms with E-state index >= 15 is 0 Å². The van der Waals surface area contributed by atoms with Crippen LogP contribution in [0.1, 0.15) is 31.9 Å². The number of methoxy groups -OCH3 is 1. The Morgan fingerprint density at radius 3 is 2.59 bits per heavy atom. The highest BCUT2D eigenvalue weighted by atomic mass is 16.5. The largest absolute Gasteiger partial charge is 0.496 e. The van der Waals surface area contributed by atoms with Gasteiger partial charge in [-0.05, 0) is 44.4 Å². The standard InChI is InChI=1S/C15H25NO/c1-6-16-13(4)12(3)10-14-9-11(2)7-8-15(14)17-5/h7-9,12-13,16H,6,10H2,1-5H3. The fourth-order valence-corrected chi connectivity index (χ4v) is 2.11. The minimum absolute atomic E-state index is 0.533. The van der Waals surface area contributed by atoms with Crippen LogP contribution in [0.2, 0.25) is 0 Å². The van der Waals surface area contributed by atoms with Crippen LogP contribution in [0, 0.1) is 12.8 Å². The van der Waals surface area contributed by atoms with E-state index in [0.29, 0.717) is 12.0 Å². The molecule has 0 amide bonds. The third-order valence-corrected chi connectivity index (χ3v) is 3.36. The first-order valence-corrected chi connectivity index (χ1v) is 6.45. The maximum Gasteiger partial charge on any atom is 0.122 e. The number of benzene rings is 1. The Kier molecular flexibility index (Phi) is 5.49. The summed E-state index contributed by atoms with van der Waals surface area (Å²) in [4.78, 5) is 0. The fourth-order valence-electron chi connectivity index (χ4n) is 2.11. The average Bonchev–Trinajstić information content (AvgIpc) is 2.29. The lowest BCUT2D eigenvalue weighted by molar-refractivity contribution is 0.383. The molecule has 17 heavy (non-hydrogen) atoms. The fraction of sp³-hybridized carbons (Fsp3) is 0.600. The molecular weight excluding hydrogens is 210 g/mol. The zero-order valence-electron chi connectivity index (χ0n) is 11.7. The van der Waals surface area contributed by atoms with E-state index in [1.54, 1.807) is 7.11 Å². The summed E-state index contributed by atoms with van der Waals surface area (Å²) in [7, 11) is 1.74. The van der Waals surface area contributed by atoms with Crippen LogP contribution in [-0.2, 0) is 6.42 Å². The Hall–Kier alpha value is -1.02. The van der Waals surface area contributed by atoms with Gasteiger partial charge in [-0.15, -0.1) is 0 Å². The minimum atomic E-state index is 0.533. The average molecular weight is 235 g/mol. The summed E-state index contributed by atoms with van der Waals surface area (Å²) in [5.74, 6) is 1.61. The van der Waals surface area contributed by atoms with Crippen LogP contribution in [0.25, 0.3) is 0 Å². The maximum atomic E-state index is 5.42. The van der Waals surface area contributed by atoms with E-state index in [4.69, 9.17) is 4.74 Å². The monoisotopic (exact) mass is 235 g/mol. The highest BCUT2D eigenvalue weighted by molar-refractivity contribution is 5.37. The van der Waals surface area contributed by atoms with Gasteiger partial charge in [0.05, 0.1) is 7.11 Å². The van der Waals surface area contributed by atoms with Gasteiger partial charge < -0.3 is 10.1 Å². The van der Waals surface area contributed by atoms with E-state index in [-0.39, 0.29) is 0 Å². The first-order chi connectivity index (χ1) is 8.08. The molecule has 0 aliphatic rings. The molecule has 1 rings (SSSR count). The molecule has 0 radical (unpaired) electrons. The lowest BCUT2D eigenvalue weighted by Gasteiger charge is -2.21. The molecule has 96 valence electrons. The Bertz CT molecular complexity index is 349. The molecule has 1 aromatic rings. The van der Waals surface area contributed by atoms with Crippen molar-refractivity contribution in [3.8, 4) is 5.75 Å². The first kappa shape index (κ1) is 14.0. The summed E-state index contributed by atoms with van der Waals surface area (Å²) < 4.78 is 5.42. The summed E-state index contributed by atoms with van der Waals surface area (Å²) in [5.41, 5.74) is 2.61. The van der Waals surface area contributed by atoms with Crippen LogP contribution in [0.3, 0.4) is 0 Å². The van der Waals surface area contributed by atoms with Crippen molar-refractivity contribution in [3.63, 3.8) is 0 Å². The predicted octanol–water partition coefficient (Wildman–Crippen LogP) is 3.18. The summed E-state index contributed by atoms with van der Waals surface area (Å²) in [6, 6.07) is 6.93. The molecule has 1 aromatic carbocycles. The second-order valence-corrected chi connectivity index (χ2v) is 4.84. The van der Waals surface area contributed by atoms with Crippen molar-refractivity contribution in [3.05, 3.63) is 29.3 Å². The van der Waals surface area contributed by atoms with Crippen molar-refractivity contribution in [2.24, 2.45) is 5.92 Å². The molecule has 0 saturated carbocycles. The Balaban J connectivity index is 2.76. The summed E-state index contributed by atoms with van der Waals surface area (Å²) in [6.45, 7) is 9.83. The van der Waals surface area contributed by atoms with E-state index in [1.165, 1.54) is 11.1 Å². The maximum absolute atomic E-state index is 5.42. The molecule has 2 atom stereocenters. The Morgan fingerprint density at radius 1 is 1.29 bits per heavy atom. The van der Waals surface area contributed by atoms with Crippen LogP contribution < -0.4 is 10.1 Å². The number of ether oxygens (including phenoxy) is 1. The number of hydrogen-bond donors (Lipinski definition) is 1. The molecule has 1 N–H and O–H groups in total. The summed E-state index contributed by atoms with van der Waals surface area (Å²) in [6.07, 6.45) is 1.05. The molecule has 2 nitrogen and oxygen atoms in total. The highest BCUT2D eigenvalue weighted by Crippen LogP contribution is 2.23. The first-order valence-electron chi connectivity index (χ1n) is 6.45. The van der Waals surface area contributed by atoms with Crippen molar-refractivity contribution in [1.82, 2.24) is 5.32 Å². The van der Waals surface area contributed by atoms with E-state index < -0.39 is 0 Å². The smallest absolute Gasteiger partial charge is 0.122 e. The van der Waals surface area contributed by atoms with Gasteiger partial charge in [0.2, 0.25) is 0 Å². The quantitative estimate of drug-likeness (QED) is 0.817. The van der Waals surface area contributed by atoms with Crippen molar-refractivity contribution in [2.75, 3.05) is 13.7 Å². The summed E-state index contributed by atoms with van der Waals surface area (Å²) in [5, 5.41) is 3.48. The van der Waals surface area contributed by atoms with E-state index in [9.17, 15) is 0 Å². The number of hydrogen-bond acceptors (Lipinski definition) is 2. The highest BCUT2D eigenvalue weighted by Gasteiger charge is 2.14. The van der Waals surface area contributed by atoms with Gasteiger partial charge in [0.25, 0.3) is 0 Å². The van der Waals surface area contributed by atoms with Gasteiger partial charge in [-0.2, -0.15) is 0 Å². The van der Waals surface area contributed by atoms with Gasteiger partial charge in [0.15, 0.2) is 0 Å². The lowest BCUT2D eigenvalue weighted by atomic mass is 9.93. The Morgan fingerprint density at radius 2 is 2.00 bits per heavy atom. The molecule has 0 spiro atoms. The van der Waals surface area contributed by atoms with Crippen LogP contribution in [0.5, 0.6) is 5.75 Å². The molecule has 2 heteroatoms. The van der Waals surface area contributed by atoms with Crippen LogP contribution >= 0.6 is 0 Å². The van der Waals surface area contributed by atoms with Gasteiger partial charge in [-0.3, -0.25) is 0 Å². The van der Waals surface area contributed by atoms with Gasteiger partial charge in [0.1, 0.15) is 5.75 Å². The van der Waals surface area contributed by atoms with Gasteiger partial charge in [-0.1, -0.05) is 31.5 Å². The number of nitrogens with one attached hydrogen (secondary N) is 1. The third kappa shape index (κ3) is 4.04. The van der Waals surface area contributed by atoms with Gasteiger partial charge >= 0.3 is 0 Å². The third-order valence-electron chi connectivity index (χ3n) is 3.36.